The maximum absolute atomic E-state index is 12.1. The monoisotopic (exact) mass is 441 g/mol. The second kappa shape index (κ2) is 9.23. The topological polar surface area (TPSA) is 39.1 Å². The minimum atomic E-state index is -2.92. The van der Waals surface area contributed by atoms with Crippen molar-refractivity contribution in [3.8, 4) is 5.69 Å². The van der Waals surface area contributed by atoms with E-state index in [1.165, 1.54) is 12.0 Å². The molecule has 0 radical (unpaired) electrons. The highest BCUT2D eigenvalue weighted by molar-refractivity contribution is 7.91. The van der Waals surface area contributed by atoms with Crippen molar-refractivity contribution in [2.75, 3.05) is 5.75 Å². The zero-order valence-electron chi connectivity index (χ0n) is 16.6. The molecule has 1 heterocycles. The molecule has 1 saturated carbocycles. The number of hydrogen-bond acceptors (Lipinski definition) is 2. The molecule has 0 aliphatic heterocycles. The second-order valence-corrected chi connectivity index (χ2v) is 11.7. The Labute approximate surface area is 179 Å². The van der Waals surface area contributed by atoms with Crippen LogP contribution in [0.4, 0.5) is 0 Å². The van der Waals surface area contributed by atoms with Gasteiger partial charge in [0.15, 0.2) is 9.84 Å². The number of aryl methyl sites for hydroxylation is 1. The molecule has 154 valence electrons. The molecule has 1 aliphatic rings. The van der Waals surface area contributed by atoms with Gasteiger partial charge in [-0.05, 0) is 75.1 Å². The summed E-state index contributed by atoms with van der Waals surface area (Å²) in [5.74, 6) is 1.42. The summed E-state index contributed by atoms with van der Waals surface area (Å²) in [6, 6.07) is 10.2. The lowest BCUT2D eigenvalue weighted by molar-refractivity contribution is 0.278. The van der Waals surface area contributed by atoms with Gasteiger partial charge in [0.2, 0.25) is 0 Å². The highest BCUT2D eigenvalue weighted by atomic mass is 35.5. The molecule has 2 aromatic rings. The van der Waals surface area contributed by atoms with Crippen molar-refractivity contribution >= 4 is 33.0 Å². The summed E-state index contributed by atoms with van der Waals surface area (Å²) in [6.07, 6.45) is 8.48. The first kappa shape index (κ1) is 21.7. The highest BCUT2D eigenvalue weighted by Gasteiger charge is 2.27. The Morgan fingerprint density at radius 3 is 2.14 bits per heavy atom. The first-order chi connectivity index (χ1) is 13.3. The molecule has 0 atom stereocenters. The van der Waals surface area contributed by atoms with Gasteiger partial charge in [-0.1, -0.05) is 48.2 Å². The first-order valence-corrected chi connectivity index (χ1v) is 12.6. The van der Waals surface area contributed by atoms with Crippen LogP contribution in [-0.2, 0) is 16.3 Å². The molecule has 0 spiro atoms. The lowest BCUT2D eigenvalue weighted by Gasteiger charge is -2.28. The van der Waals surface area contributed by atoms with Crippen molar-refractivity contribution in [3.05, 3.63) is 52.3 Å². The van der Waals surface area contributed by atoms with Crippen molar-refractivity contribution < 1.29 is 8.42 Å². The van der Waals surface area contributed by atoms with Gasteiger partial charge in [0.1, 0.15) is 5.15 Å². The number of hydrogen-bond donors (Lipinski definition) is 0. The summed E-state index contributed by atoms with van der Waals surface area (Å²) < 4.78 is 26.1. The van der Waals surface area contributed by atoms with Gasteiger partial charge in [-0.25, -0.2) is 8.42 Å². The Morgan fingerprint density at radius 1 is 1.00 bits per heavy atom. The van der Waals surface area contributed by atoms with E-state index in [1.807, 2.05) is 10.8 Å². The summed E-state index contributed by atoms with van der Waals surface area (Å²) in [5, 5.41) is 0.832. The molecule has 0 saturated heterocycles. The average Bonchev–Trinajstić information content (AvgIpc) is 3.00. The number of aromatic nitrogens is 1. The van der Waals surface area contributed by atoms with Crippen molar-refractivity contribution in [1.29, 1.82) is 0 Å². The lowest BCUT2D eigenvalue weighted by atomic mass is 9.80. The predicted octanol–water partition coefficient (Wildman–Crippen LogP) is 6.35. The maximum atomic E-state index is 12.1. The van der Waals surface area contributed by atoms with Gasteiger partial charge in [0.25, 0.3) is 0 Å². The molecular weight excluding hydrogens is 413 g/mol. The standard InChI is InChI=1S/C22H29Cl2NO2S/c1-16(2)28(26,27)15-19-7-5-17(6-8-19)3-4-18-9-11-20(12-10-18)25-14-13-21(23)22(25)24/h9-14,16-17,19H,3-8,15H2,1-2H3. The molecule has 1 fully saturated rings. The number of sulfone groups is 1. The van der Waals surface area contributed by atoms with Crippen LogP contribution in [-0.4, -0.2) is 24.0 Å². The van der Waals surface area contributed by atoms with Gasteiger partial charge >= 0.3 is 0 Å². The molecule has 3 rings (SSSR count). The lowest BCUT2D eigenvalue weighted by Crippen LogP contribution is -2.26. The minimum Gasteiger partial charge on any atom is -0.306 e. The van der Waals surface area contributed by atoms with E-state index in [9.17, 15) is 8.42 Å². The van der Waals surface area contributed by atoms with E-state index in [0.29, 0.717) is 27.8 Å². The Bertz CT molecular complexity index is 880. The van der Waals surface area contributed by atoms with Crippen molar-refractivity contribution in [2.24, 2.45) is 11.8 Å². The summed E-state index contributed by atoms with van der Waals surface area (Å²) in [7, 11) is -2.92. The zero-order chi connectivity index (χ0) is 20.3. The van der Waals surface area contributed by atoms with Crippen LogP contribution in [0.15, 0.2) is 36.5 Å². The molecular formula is C22H29Cl2NO2S. The molecule has 0 unspecified atom stereocenters. The van der Waals surface area contributed by atoms with E-state index in [-0.39, 0.29) is 5.25 Å². The van der Waals surface area contributed by atoms with Crippen LogP contribution in [0.25, 0.3) is 5.69 Å². The van der Waals surface area contributed by atoms with Crippen molar-refractivity contribution in [2.45, 2.75) is 57.6 Å². The summed E-state index contributed by atoms with van der Waals surface area (Å²) >= 11 is 12.2. The molecule has 1 aromatic carbocycles. The molecule has 28 heavy (non-hydrogen) atoms. The van der Waals surface area contributed by atoms with Crippen LogP contribution in [0, 0.1) is 11.8 Å². The number of benzene rings is 1. The van der Waals surface area contributed by atoms with Crippen LogP contribution in [0.2, 0.25) is 10.2 Å². The Morgan fingerprint density at radius 2 is 1.61 bits per heavy atom. The highest BCUT2D eigenvalue weighted by Crippen LogP contribution is 2.33. The number of halogens is 2. The molecule has 1 aromatic heterocycles. The molecule has 0 N–H and O–H groups in total. The molecule has 6 heteroatoms. The SMILES string of the molecule is CC(C)S(=O)(=O)CC1CCC(CCc2ccc(-n3ccc(Cl)c3Cl)cc2)CC1. The predicted molar refractivity (Wildman–Crippen MR) is 118 cm³/mol. The summed E-state index contributed by atoms with van der Waals surface area (Å²) in [5.41, 5.74) is 2.33. The van der Waals surface area contributed by atoms with E-state index < -0.39 is 9.84 Å². The van der Waals surface area contributed by atoms with Crippen LogP contribution < -0.4 is 0 Å². The smallest absolute Gasteiger partial charge is 0.152 e. The van der Waals surface area contributed by atoms with Gasteiger partial charge in [-0.3, -0.25) is 0 Å². The van der Waals surface area contributed by atoms with Crippen molar-refractivity contribution in [1.82, 2.24) is 4.57 Å². The van der Waals surface area contributed by atoms with E-state index >= 15 is 0 Å². The van der Waals surface area contributed by atoms with E-state index in [2.05, 4.69) is 24.3 Å². The number of rotatable bonds is 7. The Balaban J connectivity index is 1.47. The third kappa shape index (κ3) is 5.34. The van der Waals surface area contributed by atoms with Gasteiger partial charge < -0.3 is 4.57 Å². The van der Waals surface area contributed by atoms with Gasteiger partial charge in [-0.2, -0.15) is 0 Å². The van der Waals surface area contributed by atoms with E-state index in [1.54, 1.807) is 19.9 Å². The third-order valence-electron chi connectivity index (χ3n) is 5.99. The molecule has 3 nitrogen and oxygen atoms in total. The maximum Gasteiger partial charge on any atom is 0.152 e. The van der Waals surface area contributed by atoms with Gasteiger partial charge in [-0.15, -0.1) is 0 Å². The van der Waals surface area contributed by atoms with Crippen LogP contribution in [0.3, 0.4) is 0 Å². The average molecular weight is 442 g/mol. The first-order valence-electron chi connectivity index (χ1n) is 10.1. The fraction of sp³-hybridized carbons (Fsp3) is 0.545. The molecule has 0 amide bonds. The molecule has 1 aliphatic carbocycles. The van der Waals surface area contributed by atoms with E-state index in [4.69, 9.17) is 23.2 Å². The van der Waals surface area contributed by atoms with Crippen LogP contribution in [0.1, 0.15) is 51.5 Å². The second-order valence-electron chi connectivity index (χ2n) is 8.29. The Kier molecular flexibility index (Phi) is 7.17. The van der Waals surface area contributed by atoms with Crippen LogP contribution >= 0.6 is 23.2 Å². The summed E-state index contributed by atoms with van der Waals surface area (Å²) in [6.45, 7) is 3.57. The quantitative estimate of drug-likeness (QED) is 0.502. The number of nitrogens with zero attached hydrogens (tertiary/aromatic N) is 1. The largest absolute Gasteiger partial charge is 0.306 e. The Hall–Kier alpha value is -0.970. The fourth-order valence-corrected chi connectivity index (χ4v) is 5.73. The van der Waals surface area contributed by atoms with E-state index in [0.717, 1.165) is 37.8 Å². The zero-order valence-corrected chi connectivity index (χ0v) is 18.9. The summed E-state index contributed by atoms with van der Waals surface area (Å²) in [4.78, 5) is 0. The minimum absolute atomic E-state index is 0.259. The normalized spacial score (nSPS) is 20.6. The molecule has 0 bridgehead atoms. The third-order valence-corrected chi connectivity index (χ3v) is 9.15. The van der Waals surface area contributed by atoms with Crippen molar-refractivity contribution in [3.63, 3.8) is 0 Å². The van der Waals surface area contributed by atoms with Crippen LogP contribution in [0.5, 0.6) is 0 Å². The fourth-order valence-electron chi connectivity index (χ4n) is 3.99. The van der Waals surface area contributed by atoms with Gasteiger partial charge in [0.05, 0.1) is 16.0 Å². The van der Waals surface area contributed by atoms with Gasteiger partial charge in [0, 0.05) is 11.9 Å².